The molecule has 37 heavy (non-hydrogen) atoms. The van der Waals surface area contributed by atoms with Gasteiger partial charge in [0, 0.05) is 31.0 Å². The van der Waals surface area contributed by atoms with E-state index in [1.54, 1.807) is 31.4 Å². The van der Waals surface area contributed by atoms with Crippen LogP contribution in [0.1, 0.15) is 54.4 Å². The molecule has 1 unspecified atom stereocenters. The van der Waals surface area contributed by atoms with Gasteiger partial charge in [-0.3, -0.25) is 9.59 Å². The fraction of sp³-hybridized carbons (Fsp3) is 0.375. The van der Waals surface area contributed by atoms with Crippen LogP contribution < -0.4 is 10.1 Å². The van der Waals surface area contributed by atoms with Crippen LogP contribution in [0.3, 0.4) is 0 Å². The topological polar surface area (TPSA) is 58.6 Å². The minimum atomic E-state index is 0.0713. The number of ketones is 1. The molecular formula is C32H38N2O3. The SMILES string of the molecule is COc1ccc(C(=O)CCCCC(=O)NC(Cc2ccc(-c3ccccc3)cc2)CN2CCCC2)cc1. The molecule has 1 atom stereocenters. The first-order valence-corrected chi connectivity index (χ1v) is 13.4. The summed E-state index contributed by atoms with van der Waals surface area (Å²) in [7, 11) is 1.61. The molecule has 5 heteroatoms. The molecule has 0 spiro atoms. The van der Waals surface area contributed by atoms with E-state index in [0.717, 1.165) is 31.8 Å². The Bertz CT molecular complexity index is 1120. The molecule has 1 amide bonds. The number of benzene rings is 3. The summed E-state index contributed by atoms with van der Waals surface area (Å²) in [6, 6.07) is 26.3. The second kappa shape index (κ2) is 13.8. The number of ether oxygens (including phenoxy) is 1. The highest BCUT2D eigenvalue weighted by Gasteiger charge is 2.20. The van der Waals surface area contributed by atoms with Gasteiger partial charge in [0.1, 0.15) is 5.75 Å². The van der Waals surface area contributed by atoms with Gasteiger partial charge in [-0.15, -0.1) is 0 Å². The Balaban J connectivity index is 1.26. The van der Waals surface area contributed by atoms with Crippen LogP contribution in [-0.2, 0) is 11.2 Å². The number of methoxy groups -OCH3 is 1. The van der Waals surface area contributed by atoms with Gasteiger partial charge >= 0.3 is 0 Å². The number of nitrogens with zero attached hydrogens (tertiary/aromatic N) is 1. The molecule has 0 aliphatic carbocycles. The molecule has 1 fully saturated rings. The van der Waals surface area contributed by atoms with Crippen LogP contribution in [0, 0.1) is 0 Å². The van der Waals surface area contributed by atoms with E-state index in [1.165, 1.54) is 29.5 Å². The molecule has 0 radical (unpaired) electrons. The molecule has 1 heterocycles. The lowest BCUT2D eigenvalue weighted by molar-refractivity contribution is -0.122. The van der Waals surface area contributed by atoms with Gasteiger partial charge in [-0.1, -0.05) is 54.6 Å². The molecule has 3 aromatic carbocycles. The zero-order valence-corrected chi connectivity index (χ0v) is 21.8. The number of Topliss-reactive ketones (excluding diaryl/α,β-unsaturated/α-hetero) is 1. The zero-order valence-electron chi connectivity index (χ0n) is 21.8. The normalized spacial score (nSPS) is 14.3. The minimum Gasteiger partial charge on any atom is -0.497 e. The van der Waals surface area contributed by atoms with E-state index in [-0.39, 0.29) is 17.7 Å². The quantitative estimate of drug-likeness (QED) is 0.234. The molecule has 194 valence electrons. The predicted molar refractivity (Wildman–Crippen MR) is 149 cm³/mol. The van der Waals surface area contributed by atoms with Crippen molar-refractivity contribution in [3.8, 4) is 16.9 Å². The molecule has 1 aliphatic rings. The first-order chi connectivity index (χ1) is 18.1. The van der Waals surface area contributed by atoms with Gasteiger partial charge in [-0.25, -0.2) is 0 Å². The number of hydrogen-bond donors (Lipinski definition) is 1. The molecule has 3 aromatic rings. The Hall–Kier alpha value is -3.44. The number of rotatable bonds is 13. The van der Waals surface area contributed by atoms with Crippen LogP contribution in [0.15, 0.2) is 78.9 Å². The summed E-state index contributed by atoms with van der Waals surface area (Å²) in [5.74, 6) is 0.916. The van der Waals surface area contributed by atoms with E-state index >= 15 is 0 Å². The summed E-state index contributed by atoms with van der Waals surface area (Å²) in [6.45, 7) is 3.09. The van der Waals surface area contributed by atoms with Crippen LogP contribution in [-0.4, -0.2) is 49.4 Å². The highest BCUT2D eigenvalue weighted by molar-refractivity contribution is 5.96. The predicted octanol–water partition coefficient (Wildman–Crippen LogP) is 5.93. The monoisotopic (exact) mass is 498 g/mol. The number of likely N-dealkylation sites (tertiary alicyclic amines) is 1. The van der Waals surface area contributed by atoms with Crippen LogP contribution in [0.4, 0.5) is 0 Å². The van der Waals surface area contributed by atoms with Gasteiger partial charge in [0.05, 0.1) is 7.11 Å². The highest BCUT2D eigenvalue weighted by atomic mass is 16.5. The van der Waals surface area contributed by atoms with Gasteiger partial charge in [-0.2, -0.15) is 0 Å². The molecule has 0 saturated carbocycles. The molecule has 5 nitrogen and oxygen atoms in total. The number of nitrogens with one attached hydrogen (secondary N) is 1. The second-order valence-electron chi connectivity index (χ2n) is 9.90. The number of carbonyl (C=O) groups excluding carboxylic acids is 2. The molecular weight excluding hydrogens is 460 g/mol. The fourth-order valence-electron chi connectivity index (χ4n) is 4.98. The van der Waals surface area contributed by atoms with Gasteiger partial charge in [0.2, 0.25) is 5.91 Å². The van der Waals surface area contributed by atoms with Crippen LogP contribution in [0.2, 0.25) is 0 Å². The van der Waals surface area contributed by atoms with Crippen molar-refractivity contribution in [1.82, 2.24) is 10.2 Å². The standard InChI is InChI=1S/C32H38N2O3/c1-37-30-19-17-28(18-20-30)31(35)11-5-6-12-32(36)33-29(24-34-21-7-8-22-34)23-25-13-15-27(16-14-25)26-9-3-2-4-10-26/h2-4,9-10,13-20,29H,5-8,11-12,21-24H2,1H3,(H,33,36). The maximum atomic E-state index is 12.8. The van der Waals surface area contributed by atoms with Crippen molar-refractivity contribution in [2.75, 3.05) is 26.7 Å². The van der Waals surface area contributed by atoms with E-state index in [9.17, 15) is 9.59 Å². The van der Waals surface area contributed by atoms with Gasteiger partial charge < -0.3 is 15.0 Å². The van der Waals surface area contributed by atoms with E-state index < -0.39 is 0 Å². The lowest BCUT2D eigenvalue weighted by Gasteiger charge is -2.25. The van der Waals surface area contributed by atoms with Crippen molar-refractivity contribution in [2.24, 2.45) is 0 Å². The molecule has 4 rings (SSSR count). The Morgan fingerprint density at radius 1 is 0.838 bits per heavy atom. The Kier molecular flexibility index (Phi) is 9.89. The van der Waals surface area contributed by atoms with E-state index in [0.29, 0.717) is 31.2 Å². The average Bonchev–Trinajstić information content (AvgIpc) is 3.45. The smallest absolute Gasteiger partial charge is 0.220 e. The number of carbonyl (C=O) groups is 2. The van der Waals surface area contributed by atoms with E-state index in [4.69, 9.17) is 4.74 Å². The number of hydrogen-bond acceptors (Lipinski definition) is 4. The molecule has 1 aliphatic heterocycles. The first-order valence-electron chi connectivity index (χ1n) is 13.4. The first kappa shape index (κ1) is 26.6. The minimum absolute atomic E-state index is 0.0713. The molecule has 1 N–H and O–H groups in total. The number of amides is 1. The van der Waals surface area contributed by atoms with Crippen molar-refractivity contribution in [1.29, 1.82) is 0 Å². The Morgan fingerprint density at radius 3 is 2.16 bits per heavy atom. The average molecular weight is 499 g/mol. The maximum Gasteiger partial charge on any atom is 0.220 e. The van der Waals surface area contributed by atoms with Gasteiger partial charge in [-0.05, 0) is 86.1 Å². The van der Waals surface area contributed by atoms with Crippen LogP contribution in [0.5, 0.6) is 5.75 Å². The van der Waals surface area contributed by atoms with Gasteiger partial charge in [0.15, 0.2) is 5.78 Å². The Morgan fingerprint density at radius 2 is 1.49 bits per heavy atom. The molecule has 0 bridgehead atoms. The van der Waals surface area contributed by atoms with Crippen molar-refractivity contribution in [3.05, 3.63) is 90.0 Å². The summed E-state index contributed by atoms with van der Waals surface area (Å²) < 4.78 is 5.15. The van der Waals surface area contributed by atoms with E-state index in [1.807, 2.05) is 6.07 Å². The molecule has 1 saturated heterocycles. The summed E-state index contributed by atoms with van der Waals surface area (Å²) in [5.41, 5.74) is 4.33. The summed E-state index contributed by atoms with van der Waals surface area (Å²) in [5, 5.41) is 3.29. The van der Waals surface area contributed by atoms with Crippen LogP contribution in [0.25, 0.3) is 11.1 Å². The molecule has 0 aromatic heterocycles. The van der Waals surface area contributed by atoms with Crippen molar-refractivity contribution >= 4 is 11.7 Å². The summed E-state index contributed by atoms with van der Waals surface area (Å²) in [6.07, 6.45) is 5.58. The summed E-state index contributed by atoms with van der Waals surface area (Å²) >= 11 is 0. The number of unbranched alkanes of at least 4 members (excludes halogenated alkanes) is 1. The third-order valence-electron chi connectivity index (χ3n) is 7.06. The fourth-order valence-corrected chi connectivity index (χ4v) is 4.98. The van der Waals surface area contributed by atoms with Gasteiger partial charge in [0.25, 0.3) is 0 Å². The lowest BCUT2D eigenvalue weighted by atomic mass is 10.00. The highest BCUT2D eigenvalue weighted by Crippen LogP contribution is 2.20. The van der Waals surface area contributed by atoms with E-state index in [2.05, 4.69) is 58.7 Å². The van der Waals surface area contributed by atoms with Crippen LogP contribution >= 0.6 is 0 Å². The largest absolute Gasteiger partial charge is 0.497 e. The maximum absolute atomic E-state index is 12.8. The Labute approximate surface area is 220 Å². The zero-order chi connectivity index (χ0) is 25.9. The second-order valence-corrected chi connectivity index (χ2v) is 9.90. The lowest BCUT2D eigenvalue weighted by Crippen LogP contribution is -2.44. The van der Waals surface area contributed by atoms with Crippen molar-refractivity contribution < 1.29 is 14.3 Å². The van der Waals surface area contributed by atoms with Crippen molar-refractivity contribution in [2.45, 2.75) is 51.0 Å². The van der Waals surface area contributed by atoms with Crippen molar-refractivity contribution in [3.63, 3.8) is 0 Å². The third-order valence-corrected chi connectivity index (χ3v) is 7.06. The summed E-state index contributed by atoms with van der Waals surface area (Å²) in [4.78, 5) is 27.7. The third kappa shape index (κ3) is 8.29.